The first kappa shape index (κ1) is 12.5. The van der Waals surface area contributed by atoms with Crippen LogP contribution in [-0.4, -0.2) is 14.2 Å². The average molecular weight is 221 g/mol. The van der Waals surface area contributed by atoms with Crippen molar-refractivity contribution < 1.29 is 9.13 Å². The van der Waals surface area contributed by atoms with Gasteiger partial charge in [0.2, 0.25) is 0 Å². The monoisotopic (exact) mass is 221 g/mol. The summed E-state index contributed by atoms with van der Waals surface area (Å²) in [5, 5.41) is 3.05. The van der Waals surface area contributed by atoms with Crippen LogP contribution in [0, 0.1) is 17.7 Å². The van der Waals surface area contributed by atoms with Gasteiger partial charge in [-0.25, -0.2) is 4.39 Å². The number of nitrogens with one attached hydrogen (secondary N) is 1. The topological polar surface area (TPSA) is 21.3 Å². The Bertz CT molecular complexity index is 406. The van der Waals surface area contributed by atoms with E-state index in [0.717, 1.165) is 0 Å². The van der Waals surface area contributed by atoms with Crippen molar-refractivity contribution in [2.24, 2.45) is 0 Å². The van der Waals surface area contributed by atoms with Gasteiger partial charge in [0, 0.05) is 24.1 Å². The Balaban J connectivity index is 2.95. The van der Waals surface area contributed by atoms with E-state index < -0.39 is 0 Å². The van der Waals surface area contributed by atoms with Gasteiger partial charge in [0.1, 0.15) is 11.6 Å². The van der Waals surface area contributed by atoms with Crippen molar-refractivity contribution >= 4 is 0 Å². The van der Waals surface area contributed by atoms with Crippen LogP contribution in [0.1, 0.15) is 24.9 Å². The smallest absolute Gasteiger partial charge is 0.131 e. The molecule has 0 bridgehead atoms. The molecule has 1 atom stereocenters. The maximum absolute atomic E-state index is 13.7. The van der Waals surface area contributed by atoms with Gasteiger partial charge in [-0.05, 0) is 20.0 Å². The van der Waals surface area contributed by atoms with Crippen LogP contribution in [0.5, 0.6) is 5.75 Å². The Labute approximate surface area is 95.8 Å². The molecule has 1 unspecified atom stereocenters. The van der Waals surface area contributed by atoms with E-state index in [9.17, 15) is 4.39 Å². The molecule has 0 radical (unpaired) electrons. The summed E-state index contributed by atoms with van der Waals surface area (Å²) in [7, 11) is 3.32. The second-order valence-electron chi connectivity index (χ2n) is 3.36. The summed E-state index contributed by atoms with van der Waals surface area (Å²) in [6.45, 7) is 1.77. The maximum Gasteiger partial charge on any atom is 0.131 e. The molecule has 0 amide bonds. The van der Waals surface area contributed by atoms with Crippen LogP contribution in [0.4, 0.5) is 4.39 Å². The number of halogens is 1. The first-order chi connectivity index (χ1) is 7.72. The lowest BCUT2D eigenvalue weighted by Gasteiger charge is -2.15. The maximum atomic E-state index is 13.7. The first-order valence-electron chi connectivity index (χ1n) is 5.13. The highest BCUT2D eigenvalue weighted by atomic mass is 19.1. The molecule has 0 saturated heterocycles. The zero-order valence-corrected chi connectivity index (χ0v) is 9.80. The van der Waals surface area contributed by atoms with Gasteiger partial charge in [0.15, 0.2) is 0 Å². The minimum absolute atomic E-state index is 0.0849. The molecular formula is C13H16FNO. The number of hydrogen-bond donors (Lipinski definition) is 1. The van der Waals surface area contributed by atoms with E-state index in [-0.39, 0.29) is 11.9 Å². The van der Waals surface area contributed by atoms with E-state index in [1.807, 2.05) is 0 Å². The van der Waals surface area contributed by atoms with E-state index in [1.165, 1.54) is 13.2 Å². The van der Waals surface area contributed by atoms with Crippen molar-refractivity contribution in [1.29, 1.82) is 0 Å². The van der Waals surface area contributed by atoms with Crippen molar-refractivity contribution in [2.45, 2.75) is 19.4 Å². The largest absolute Gasteiger partial charge is 0.497 e. The third-order valence-corrected chi connectivity index (χ3v) is 2.41. The Kier molecular flexibility index (Phi) is 4.81. The molecule has 16 heavy (non-hydrogen) atoms. The molecule has 0 aliphatic heterocycles. The Morgan fingerprint density at radius 2 is 2.25 bits per heavy atom. The molecule has 1 rings (SSSR count). The highest BCUT2D eigenvalue weighted by molar-refractivity contribution is 5.31. The van der Waals surface area contributed by atoms with Crippen LogP contribution < -0.4 is 10.1 Å². The molecular weight excluding hydrogens is 205 g/mol. The van der Waals surface area contributed by atoms with Gasteiger partial charge < -0.3 is 10.1 Å². The lowest BCUT2D eigenvalue weighted by atomic mass is 10.0. The van der Waals surface area contributed by atoms with E-state index in [1.54, 1.807) is 26.1 Å². The molecule has 0 fully saturated rings. The van der Waals surface area contributed by atoms with Crippen LogP contribution in [-0.2, 0) is 0 Å². The Morgan fingerprint density at radius 1 is 1.50 bits per heavy atom. The zero-order valence-electron chi connectivity index (χ0n) is 9.80. The first-order valence-corrected chi connectivity index (χ1v) is 5.13. The van der Waals surface area contributed by atoms with Gasteiger partial charge >= 0.3 is 0 Å². The van der Waals surface area contributed by atoms with Crippen LogP contribution in [0.3, 0.4) is 0 Å². The second-order valence-corrected chi connectivity index (χ2v) is 3.36. The highest BCUT2D eigenvalue weighted by Gasteiger charge is 2.13. The van der Waals surface area contributed by atoms with Crippen LogP contribution in [0.15, 0.2) is 18.2 Å². The molecule has 0 heterocycles. The summed E-state index contributed by atoms with van der Waals surface area (Å²) in [4.78, 5) is 0. The third kappa shape index (κ3) is 2.98. The highest BCUT2D eigenvalue weighted by Crippen LogP contribution is 2.23. The predicted molar refractivity (Wildman–Crippen MR) is 62.8 cm³/mol. The molecule has 1 aromatic rings. The SMILES string of the molecule is CC#CCC(NC)c1ccc(OC)cc1F. The summed E-state index contributed by atoms with van der Waals surface area (Å²) in [6, 6.07) is 4.78. The number of methoxy groups -OCH3 is 1. The number of rotatable bonds is 4. The molecule has 0 aromatic heterocycles. The van der Waals surface area contributed by atoms with Crippen molar-refractivity contribution in [3.8, 4) is 17.6 Å². The van der Waals surface area contributed by atoms with Gasteiger partial charge in [0.05, 0.1) is 7.11 Å². The number of benzene rings is 1. The molecule has 0 spiro atoms. The van der Waals surface area contributed by atoms with E-state index >= 15 is 0 Å². The van der Waals surface area contributed by atoms with Crippen molar-refractivity contribution in [3.63, 3.8) is 0 Å². The molecule has 0 saturated carbocycles. The average Bonchev–Trinajstić information content (AvgIpc) is 2.31. The van der Waals surface area contributed by atoms with Gasteiger partial charge in [0.25, 0.3) is 0 Å². The lowest BCUT2D eigenvalue weighted by Crippen LogP contribution is -2.17. The summed E-state index contributed by atoms with van der Waals surface area (Å²) in [6.07, 6.45) is 0.594. The van der Waals surface area contributed by atoms with Gasteiger partial charge in [-0.2, -0.15) is 0 Å². The van der Waals surface area contributed by atoms with Crippen molar-refractivity contribution in [1.82, 2.24) is 5.32 Å². The fourth-order valence-corrected chi connectivity index (χ4v) is 1.49. The minimum Gasteiger partial charge on any atom is -0.497 e. The van der Waals surface area contributed by atoms with Crippen molar-refractivity contribution in [2.75, 3.05) is 14.2 Å². The molecule has 86 valence electrons. The number of hydrogen-bond acceptors (Lipinski definition) is 2. The van der Waals surface area contributed by atoms with Gasteiger partial charge in [-0.1, -0.05) is 6.07 Å². The van der Waals surface area contributed by atoms with Crippen LogP contribution in [0.25, 0.3) is 0 Å². The van der Waals surface area contributed by atoms with E-state index in [2.05, 4.69) is 17.2 Å². The van der Waals surface area contributed by atoms with E-state index in [4.69, 9.17) is 4.74 Å². The molecule has 3 heteroatoms. The lowest BCUT2D eigenvalue weighted by molar-refractivity contribution is 0.409. The fourth-order valence-electron chi connectivity index (χ4n) is 1.49. The second kappa shape index (κ2) is 6.14. The quantitative estimate of drug-likeness (QED) is 0.789. The minimum atomic E-state index is -0.267. The van der Waals surface area contributed by atoms with Crippen molar-refractivity contribution in [3.05, 3.63) is 29.6 Å². The predicted octanol–water partition coefficient (Wildman–Crippen LogP) is 2.51. The summed E-state index contributed by atoms with van der Waals surface area (Å²) in [5.41, 5.74) is 0.617. The Hall–Kier alpha value is -1.53. The standard InChI is InChI=1S/C13H16FNO/c1-4-5-6-13(15-2)11-8-7-10(16-3)9-12(11)14/h7-9,13,15H,6H2,1-3H3. The molecule has 1 N–H and O–H groups in total. The summed E-state index contributed by atoms with van der Waals surface area (Å²) < 4.78 is 18.7. The van der Waals surface area contributed by atoms with Crippen LogP contribution >= 0.6 is 0 Å². The van der Waals surface area contributed by atoms with Gasteiger partial charge in [-0.3, -0.25) is 0 Å². The molecule has 0 aliphatic carbocycles. The summed E-state index contributed by atoms with van der Waals surface area (Å²) >= 11 is 0. The number of ether oxygens (including phenoxy) is 1. The summed E-state index contributed by atoms with van der Waals surface area (Å²) in [5.74, 6) is 6.01. The fraction of sp³-hybridized carbons (Fsp3) is 0.385. The normalized spacial score (nSPS) is 11.5. The third-order valence-electron chi connectivity index (χ3n) is 2.41. The van der Waals surface area contributed by atoms with Gasteiger partial charge in [-0.15, -0.1) is 11.8 Å². The molecule has 0 aliphatic rings. The molecule has 2 nitrogen and oxygen atoms in total. The van der Waals surface area contributed by atoms with Crippen LogP contribution in [0.2, 0.25) is 0 Å². The molecule has 1 aromatic carbocycles. The Morgan fingerprint density at radius 3 is 2.75 bits per heavy atom. The van der Waals surface area contributed by atoms with E-state index in [0.29, 0.717) is 17.7 Å². The zero-order chi connectivity index (χ0) is 12.0.